The summed E-state index contributed by atoms with van der Waals surface area (Å²) in [7, 11) is 2.01. The maximum Gasteiger partial charge on any atom is 0.242 e. The van der Waals surface area contributed by atoms with Gasteiger partial charge in [0.05, 0.1) is 5.54 Å². The highest BCUT2D eigenvalue weighted by atomic mass is 16.2. The summed E-state index contributed by atoms with van der Waals surface area (Å²) in [5.41, 5.74) is -0.240. The summed E-state index contributed by atoms with van der Waals surface area (Å²) in [5.74, 6) is 1.10. The molecule has 2 aliphatic rings. The zero-order valence-electron chi connectivity index (χ0n) is 11.8. The first-order chi connectivity index (χ1) is 8.72. The number of carbonyl (C=O) groups is 1. The number of hydrogen-bond donors (Lipinski definition) is 2. The molecule has 2 rings (SSSR count). The molecule has 0 aliphatic carbocycles. The molecular formula is C14H27N3O. The zero-order valence-corrected chi connectivity index (χ0v) is 11.8. The SMILES string of the molecule is CCC1(C(=O)N2CCC(CNC)CC2)CCCN1. The second kappa shape index (κ2) is 6.02. The van der Waals surface area contributed by atoms with Crippen molar-refractivity contribution in [3.05, 3.63) is 0 Å². The number of carbonyl (C=O) groups excluding carboxylic acids is 1. The van der Waals surface area contributed by atoms with E-state index < -0.39 is 0 Å². The molecule has 2 N–H and O–H groups in total. The van der Waals surface area contributed by atoms with Gasteiger partial charge in [0, 0.05) is 13.1 Å². The molecule has 1 unspecified atom stereocenters. The van der Waals surface area contributed by atoms with Crippen LogP contribution in [0.15, 0.2) is 0 Å². The predicted molar refractivity (Wildman–Crippen MR) is 73.5 cm³/mol. The van der Waals surface area contributed by atoms with E-state index in [0.29, 0.717) is 5.91 Å². The molecule has 1 atom stereocenters. The molecule has 4 heteroatoms. The minimum Gasteiger partial charge on any atom is -0.341 e. The van der Waals surface area contributed by atoms with Crippen LogP contribution in [0.1, 0.15) is 39.0 Å². The van der Waals surface area contributed by atoms with Gasteiger partial charge in [-0.1, -0.05) is 6.92 Å². The van der Waals surface area contributed by atoms with Crippen LogP contribution >= 0.6 is 0 Å². The van der Waals surface area contributed by atoms with E-state index in [9.17, 15) is 4.79 Å². The molecule has 0 aromatic carbocycles. The topological polar surface area (TPSA) is 44.4 Å². The molecule has 2 heterocycles. The Labute approximate surface area is 110 Å². The molecule has 0 aromatic rings. The van der Waals surface area contributed by atoms with Gasteiger partial charge in [0.25, 0.3) is 0 Å². The molecule has 0 radical (unpaired) electrons. The third kappa shape index (κ3) is 2.69. The average Bonchev–Trinajstić information content (AvgIpc) is 2.89. The summed E-state index contributed by atoms with van der Waals surface area (Å²) in [4.78, 5) is 14.8. The summed E-state index contributed by atoms with van der Waals surface area (Å²) in [6.45, 7) is 6.09. The van der Waals surface area contributed by atoms with E-state index in [1.54, 1.807) is 0 Å². The van der Waals surface area contributed by atoms with Gasteiger partial charge in [-0.25, -0.2) is 0 Å². The number of rotatable bonds is 4. The molecule has 2 aliphatic heterocycles. The average molecular weight is 253 g/mol. The number of amides is 1. The van der Waals surface area contributed by atoms with Gasteiger partial charge < -0.3 is 15.5 Å². The standard InChI is InChI=1S/C14H27N3O/c1-3-14(7-4-8-16-14)13(18)17-9-5-12(6-10-17)11-15-2/h12,15-16H,3-11H2,1-2H3. The van der Waals surface area contributed by atoms with Crippen molar-refractivity contribution in [2.45, 2.75) is 44.6 Å². The van der Waals surface area contributed by atoms with Crippen LogP contribution in [0, 0.1) is 5.92 Å². The summed E-state index contributed by atoms with van der Waals surface area (Å²) in [6, 6.07) is 0. The van der Waals surface area contributed by atoms with Crippen molar-refractivity contribution in [3.8, 4) is 0 Å². The minimum atomic E-state index is -0.240. The smallest absolute Gasteiger partial charge is 0.242 e. The summed E-state index contributed by atoms with van der Waals surface area (Å²) in [6.07, 6.45) is 5.36. The summed E-state index contributed by atoms with van der Waals surface area (Å²) in [5, 5.41) is 6.69. The number of likely N-dealkylation sites (tertiary alicyclic amines) is 1. The van der Waals surface area contributed by atoms with Crippen molar-refractivity contribution in [2.24, 2.45) is 5.92 Å². The van der Waals surface area contributed by atoms with E-state index in [0.717, 1.165) is 64.2 Å². The van der Waals surface area contributed by atoms with Gasteiger partial charge in [-0.15, -0.1) is 0 Å². The van der Waals surface area contributed by atoms with E-state index in [1.807, 2.05) is 7.05 Å². The Kier molecular flexibility index (Phi) is 4.62. The van der Waals surface area contributed by atoms with Crippen molar-refractivity contribution < 1.29 is 4.79 Å². The second-order valence-corrected chi connectivity index (χ2v) is 5.76. The Morgan fingerprint density at radius 2 is 2.17 bits per heavy atom. The Balaban J connectivity index is 1.90. The molecular weight excluding hydrogens is 226 g/mol. The highest BCUT2D eigenvalue weighted by Crippen LogP contribution is 2.27. The Morgan fingerprint density at radius 3 is 2.67 bits per heavy atom. The number of nitrogens with one attached hydrogen (secondary N) is 2. The first kappa shape index (κ1) is 13.8. The monoisotopic (exact) mass is 253 g/mol. The second-order valence-electron chi connectivity index (χ2n) is 5.76. The fourth-order valence-corrected chi connectivity index (χ4v) is 3.37. The highest BCUT2D eigenvalue weighted by Gasteiger charge is 2.42. The van der Waals surface area contributed by atoms with Crippen molar-refractivity contribution in [2.75, 3.05) is 33.2 Å². The van der Waals surface area contributed by atoms with Crippen molar-refractivity contribution >= 4 is 5.91 Å². The molecule has 2 fully saturated rings. The van der Waals surface area contributed by atoms with Crippen LogP contribution < -0.4 is 10.6 Å². The zero-order chi connectivity index (χ0) is 13.0. The quantitative estimate of drug-likeness (QED) is 0.785. The summed E-state index contributed by atoms with van der Waals surface area (Å²) >= 11 is 0. The van der Waals surface area contributed by atoms with Crippen LogP contribution in [0.2, 0.25) is 0 Å². The Morgan fingerprint density at radius 1 is 1.44 bits per heavy atom. The van der Waals surface area contributed by atoms with Gasteiger partial charge >= 0.3 is 0 Å². The number of nitrogens with zero attached hydrogens (tertiary/aromatic N) is 1. The maximum absolute atomic E-state index is 12.7. The van der Waals surface area contributed by atoms with Crippen LogP contribution in [0.4, 0.5) is 0 Å². The third-order valence-electron chi connectivity index (χ3n) is 4.65. The molecule has 18 heavy (non-hydrogen) atoms. The third-order valence-corrected chi connectivity index (χ3v) is 4.65. The highest BCUT2D eigenvalue weighted by molar-refractivity contribution is 5.86. The number of piperidine rings is 1. The van der Waals surface area contributed by atoms with Crippen molar-refractivity contribution in [1.82, 2.24) is 15.5 Å². The molecule has 0 spiro atoms. The largest absolute Gasteiger partial charge is 0.341 e. The van der Waals surface area contributed by atoms with E-state index in [2.05, 4.69) is 22.5 Å². The van der Waals surface area contributed by atoms with Crippen LogP contribution in [-0.4, -0.2) is 49.6 Å². The molecule has 2 saturated heterocycles. The lowest BCUT2D eigenvalue weighted by Crippen LogP contribution is -2.56. The lowest BCUT2D eigenvalue weighted by molar-refractivity contribution is -0.139. The van der Waals surface area contributed by atoms with Gasteiger partial charge in [0.1, 0.15) is 0 Å². The first-order valence-corrected chi connectivity index (χ1v) is 7.41. The van der Waals surface area contributed by atoms with E-state index in [4.69, 9.17) is 0 Å². The van der Waals surface area contributed by atoms with Gasteiger partial charge in [-0.3, -0.25) is 4.79 Å². The van der Waals surface area contributed by atoms with Gasteiger partial charge in [0.2, 0.25) is 5.91 Å². The van der Waals surface area contributed by atoms with E-state index in [1.165, 1.54) is 0 Å². The van der Waals surface area contributed by atoms with Crippen LogP contribution in [-0.2, 0) is 4.79 Å². The fraction of sp³-hybridized carbons (Fsp3) is 0.929. The van der Waals surface area contributed by atoms with Crippen molar-refractivity contribution in [3.63, 3.8) is 0 Å². The Hall–Kier alpha value is -0.610. The van der Waals surface area contributed by atoms with Gasteiger partial charge in [-0.05, 0) is 58.2 Å². The Bertz CT molecular complexity index is 279. The maximum atomic E-state index is 12.7. The molecule has 1 amide bonds. The van der Waals surface area contributed by atoms with Crippen LogP contribution in [0.3, 0.4) is 0 Å². The molecule has 4 nitrogen and oxygen atoms in total. The van der Waals surface area contributed by atoms with Crippen LogP contribution in [0.25, 0.3) is 0 Å². The molecule has 0 saturated carbocycles. The normalized spacial score (nSPS) is 29.8. The van der Waals surface area contributed by atoms with E-state index >= 15 is 0 Å². The lowest BCUT2D eigenvalue weighted by atomic mass is 9.90. The minimum absolute atomic E-state index is 0.240. The van der Waals surface area contributed by atoms with E-state index in [-0.39, 0.29) is 5.54 Å². The molecule has 104 valence electrons. The first-order valence-electron chi connectivity index (χ1n) is 7.41. The van der Waals surface area contributed by atoms with Gasteiger partial charge in [0.15, 0.2) is 0 Å². The molecule has 0 bridgehead atoms. The lowest BCUT2D eigenvalue weighted by Gasteiger charge is -2.38. The van der Waals surface area contributed by atoms with Crippen molar-refractivity contribution in [1.29, 1.82) is 0 Å². The van der Waals surface area contributed by atoms with Gasteiger partial charge in [-0.2, -0.15) is 0 Å². The number of hydrogen-bond acceptors (Lipinski definition) is 3. The summed E-state index contributed by atoms with van der Waals surface area (Å²) < 4.78 is 0. The fourth-order valence-electron chi connectivity index (χ4n) is 3.37. The molecule has 0 aromatic heterocycles. The predicted octanol–water partition coefficient (Wildman–Crippen LogP) is 0.977. The van der Waals surface area contributed by atoms with Crippen LogP contribution in [0.5, 0.6) is 0 Å².